The second-order valence-electron chi connectivity index (χ2n) is 4.88. The highest BCUT2D eigenvalue weighted by atomic mass is 19.2. The molecule has 1 aliphatic rings. The van der Waals surface area contributed by atoms with E-state index in [0.29, 0.717) is 16.9 Å². The van der Waals surface area contributed by atoms with Crippen LogP contribution in [0, 0.1) is 11.6 Å². The van der Waals surface area contributed by atoms with Crippen LogP contribution in [0.3, 0.4) is 0 Å². The Morgan fingerprint density at radius 1 is 1.20 bits per heavy atom. The summed E-state index contributed by atoms with van der Waals surface area (Å²) in [6.07, 6.45) is 1.56. The Morgan fingerprint density at radius 3 is 2.56 bits per heavy atom. The Balaban J connectivity index is 0.00000109. The monoisotopic (exact) mass is 348 g/mol. The number of halogens is 2. The molecule has 1 N–H and O–H groups in total. The molecule has 0 amide bonds. The molecule has 0 saturated carbocycles. The summed E-state index contributed by atoms with van der Waals surface area (Å²) >= 11 is 0. The van der Waals surface area contributed by atoms with Crippen LogP contribution in [-0.4, -0.2) is 24.8 Å². The summed E-state index contributed by atoms with van der Waals surface area (Å²) in [6, 6.07) is 6.56. The van der Waals surface area contributed by atoms with E-state index in [0.717, 1.165) is 6.07 Å². The Hall–Kier alpha value is -2.89. The molecule has 25 heavy (non-hydrogen) atoms. The van der Waals surface area contributed by atoms with Crippen LogP contribution in [0.5, 0.6) is 11.5 Å². The molecule has 0 aromatic heterocycles. The predicted octanol–water partition coefficient (Wildman–Crippen LogP) is 4.52. The van der Waals surface area contributed by atoms with Crippen LogP contribution in [0.25, 0.3) is 5.57 Å². The quantitative estimate of drug-likeness (QED) is 0.886. The van der Waals surface area contributed by atoms with Crippen molar-refractivity contribution in [3.8, 4) is 11.5 Å². The van der Waals surface area contributed by atoms with E-state index < -0.39 is 17.6 Å². The summed E-state index contributed by atoms with van der Waals surface area (Å²) in [5.41, 5.74) is 0.678. The van der Waals surface area contributed by atoms with Crippen LogP contribution in [-0.2, 0) is 0 Å². The van der Waals surface area contributed by atoms with Gasteiger partial charge in [-0.15, -0.1) is 0 Å². The van der Waals surface area contributed by atoms with Crippen molar-refractivity contribution in [3.05, 3.63) is 64.7 Å². The average molecular weight is 348 g/mol. The Kier molecular flexibility index (Phi) is 5.75. The molecule has 0 aliphatic carbocycles. The highest BCUT2D eigenvalue weighted by Crippen LogP contribution is 2.40. The minimum absolute atomic E-state index is 0.0240. The number of methoxy groups -OCH3 is 1. The van der Waals surface area contributed by atoms with Crippen molar-refractivity contribution in [3.63, 3.8) is 0 Å². The lowest BCUT2D eigenvalue weighted by Gasteiger charge is -2.21. The number of rotatable bonds is 3. The molecule has 0 unspecified atom stereocenters. The number of ether oxygens (including phenoxy) is 2. The second kappa shape index (κ2) is 7.79. The number of aromatic carboxylic acids is 1. The first-order chi connectivity index (χ1) is 12.0. The van der Waals surface area contributed by atoms with Gasteiger partial charge in [-0.3, -0.25) is 0 Å². The van der Waals surface area contributed by atoms with Gasteiger partial charge < -0.3 is 14.6 Å². The summed E-state index contributed by atoms with van der Waals surface area (Å²) in [6.45, 7) is 4.16. The molecule has 0 spiro atoms. The molecule has 0 atom stereocenters. The SMILES string of the molecule is CC.COc1ccc(F)c(F)c1C1=CCOc2ccc(C(=O)O)cc21. The van der Waals surface area contributed by atoms with E-state index >= 15 is 0 Å². The summed E-state index contributed by atoms with van der Waals surface area (Å²) in [7, 11) is 1.35. The fraction of sp³-hybridized carbons (Fsp3) is 0.211. The fourth-order valence-corrected chi connectivity index (χ4v) is 2.51. The zero-order chi connectivity index (χ0) is 18.6. The maximum Gasteiger partial charge on any atom is 0.335 e. The number of hydrogen-bond donors (Lipinski definition) is 1. The van der Waals surface area contributed by atoms with E-state index in [2.05, 4.69) is 0 Å². The van der Waals surface area contributed by atoms with Crippen LogP contribution >= 0.6 is 0 Å². The van der Waals surface area contributed by atoms with Gasteiger partial charge >= 0.3 is 5.97 Å². The predicted molar refractivity (Wildman–Crippen MR) is 90.2 cm³/mol. The zero-order valence-corrected chi connectivity index (χ0v) is 14.1. The fourth-order valence-electron chi connectivity index (χ4n) is 2.51. The maximum atomic E-state index is 14.3. The number of carbonyl (C=O) groups is 1. The van der Waals surface area contributed by atoms with Crippen molar-refractivity contribution >= 4 is 11.5 Å². The molecule has 2 aromatic rings. The van der Waals surface area contributed by atoms with E-state index in [1.54, 1.807) is 6.08 Å². The van der Waals surface area contributed by atoms with E-state index in [-0.39, 0.29) is 23.5 Å². The minimum atomic E-state index is -1.12. The number of hydrogen-bond acceptors (Lipinski definition) is 3. The Bertz CT molecular complexity index is 828. The van der Waals surface area contributed by atoms with E-state index in [1.165, 1.54) is 31.4 Å². The van der Waals surface area contributed by atoms with Gasteiger partial charge in [-0.1, -0.05) is 13.8 Å². The lowest BCUT2D eigenvalue weighted by molar-refractivity contribution is 0.0697. The van der Waals surface area contributed by atoms with E-state index in [4.69, 9.17) is 14.6 Å². The van der Waals surface area contributed by atoms with Crippen molar-refractivity contribution in [1.82, 2.24) is 0 Å². The van der Waals surface area contributed by atoms with Crippen molar-refractivity contribution in [1.29, 1.82) is 0 Å². The third kappa shape index (κ3) is 3.47. The van der Waals surface area contributed by atoms with Gasteiger partial charge in [0.1, 0.15) is 18.1 Å². The molecule has 132 valence electrons. The van der Waals surface area contributed by atoms with Crippen molar-refractivity contribution in [2.75, 3.05) is 13.7 Å². The van der Waals surface area contributed by atoms with Gasteiger partial charge in [-0.2, -0.15) is 0 Å². The summed E-state index contributed by atoms with van der Waals surface area (Å²) < 4.78 is 38.5. The van der Waals surface area contributed by atoms with Crippen LogP contribution in [0.15, 0.2) is 36.4 Å². The number of carboxylic acid groups (broad SMARTS) is 1. The van der Waals surface area contributed by atoms with Crippen LogP contribution in [0.1, 0.15) is 35.3 Å². The van der Waals surface area contributed by atoms with Crippen LogP contribution < -0.4 is 9.47 Å². The molecule has 2 aromatic carbocycles. The largest absolute Gasteiger partial charge is 0.496 e. The third-order valence-corrected chi connectivity index (χ3v) is 3.59. The van der Waals surface area contributed by atoms with E-state index in [9.17, 15) is 13.6 Å². The van der Waals surface area contributed by atoms with Crippen LogP contribution in [0.2, 0.25) is 0 Å². The lowest BCUT2D eigenvalue weighted by Crippen LogP contribution is -2.09. The van der Waals surface area contributed by atoms with Gasteiger partial charge in [0, 0.05) is 5.56 Å². The van der Waals surface area contributed by atoms with E-state index in [1.807, 2.05) is 13.8 Å². The number of benzene rings is 2. The molecule has 4 nitrogen and oxygen atoms in total. The van der Waals surface area contributed by atoms with Gasteiger partial charge in [0.25, 0.3) is 0 Å². The van der Waals surface area contributed by atoms with Gasteiger partial charge in [0.15, 0.2) is 11.6 Å². The number of carboxylic acids is 1. The molecule has 3 rings (SSSR count). The molecule has 0 radical (unpaired) electrons. The van der Waals surface area contributed by atoms with Gasteiger partial charge in [0.05, 0.1) is 18.2 Å². The first-order valence-electron chi connectivity index (χ1n) is 7.76. The average Bonchev–Trinajstić information content (AvgIpc) is 2.64. The Morgan fingerprint density at radius 2 is 1.92 bits per heavy atom. The molecular formula is C19H18F2O4. The highest BCUT2D eigenvalue weighted by molar-refractivity contribution is 5.93. The second-order valence-corrected chi connectivity index (χ2v) is 4.88. The Labute approximate surface area is 144 Å². The van der Waals surface area contributed by atoms with Gasteiger partial charge in [0.2, 0.25) is 0 Å². The highest BCUT2D eigenvalue weighted by Gasteiger charge is 2.24. The van der Waals surface area contributed by atoms with Crippen LogP contribution in [0.4, 0.5) is 8.78 Å². The molecule has 1 heterocycles. The van der Waals surface area contributed by atoms with Crippen molar-refractivity contribution in [2.24, 2.45) is 0 Å². The molecular weight excluding hydrogens is 330 g/mol. The molecule has 0 saturated heterocycles. The number of fused-ring (bicyclic) bond motifs is 1. The lowest BCUT2D eigenvalue weighted by atomic mass is 9.93. The first kappa shape index (κ1) is 18.4. The molecule has 6 heteroatoms. The smallest absolute Gasteiger partial charge is 0.335 e. The van der Waals surface area contributed by atoms with Crippen molar-refractivity contribution < 1.29 is 28.2 Å². The first-order valence-corrected chi connectivity index (χ1v) is 7.76. The molecule has 1 aliphatic heterocycles. The minimum Gasteiger partial charge on any atom is -0.496 e. The standard InChI is InChI=1S/C17H12F2O4.C2H6/c1-22-14-5-3-12(18)16(19)15(14)10-6-7-23-13-4-2-9(17(20)21)8-11(10)13;1-2/h2-6,8H,7H2,1H3,(H,20,21);1-2H3. The van der Waals surface area contributed by atoms with Crippen molar-refractivity contribution in [2.45, 2.75) is 13.8 Å². The normalized spacial score (nSPS) is 12.1. The third-order valence-electron chi connectivity index (χ3n) is 3.59. The molecule has 0 bridgehead atoms. The van der Waals surface area contributed by atoms with Gasteiger partial charge in [-0.25, -0.2) is 13.6 Å². The maximum absolute atomic E-state index is 14.3. The summed E-state index contributed by atoms with van der Waals surface area (Å²) in [5.74, 6) is -2.63. The van der Waals surface area contributed by atoms with Gasteiger partial charge in [-0.05, 0) is 42.0 Å². The summed E-state index contributed by atoms with van der Waals surface area (Å²) in [5, 5.41) is 9.12. The molecule has 0 fully saturated rings. The zero-order valence-electron chi connectivity index (χ0n) is 14.1. The topological polar surface area (TPSA) is 55.8 Å². The summed E-state index contributed by atoms with van der Waals surface area (Å²) in [4.78, 5) is 11.2.